The normalized spacial score (nSPS) is 17.5. The van der Waals surface area contributed by atoms with Crippen LogP contribution in [0.15, 0.2) is 48.5 Å². The Hall–Kier alpha value is -2.04. The molecule has 4 heteroatoms. The van der Waals surface area contributed by atoms with Gasteiger partial charge >= 0.3 is 0 Å². The third-order valence-corrected chi connectivity index (χ3v) is 4.31. The van der Waals surface area contributed by atoms with Gasteiger partial charge in [-0.2, -0.15) is 0 Å². The van der Waals surface area contributed by atoms with Gasteiger partial charge < -0.3 is 20.6 Å². The highest BCUT2D eigenvalue weighted by Crippen LogP contribution is 2.32. The second-order valence-electron chi connectivity index (χ2n) is 5.92. The summed E-state index contributed by atoms with van der Waals surface area (Å²) in [7, 11) is 2.14. The minimum Gasteiger partial charge on any atom is -0.399 e. The third kappa shape index (κ3) is 3.08. The first-order chi connectivity index (χ1) is 10.6. The standard InChI is InChI=1S/C18H23N3O/c1-20-9-11-21(12-10-20)17-8-7-15(19)13-16(17)18(22)14-5-3-2-4-6-14/h2-8,13,18,22H,9-12,19H2,1H3. The lowest BCUT2D eigenvalue weighted by Crippen LogP contribution is -2.44. The molecule has 2 aromatic rings. The largest absolute Gasteiger partial charge is 0.399 e. The first-order valence-electron chi connectivity index (χ1n) is 7.71. The zero-order valence-electron chi connectivity index (χ0n) is 12.9. The van der Waals surface area contributed by atoms with Crippen LogP contribution in [-0.4, -0.2) is 43.2 Å². The molecule has 1 heterocycles. The summed E-state index contributed by atoms with van der Waals surface area (Å²) in [5.41, 5.74) is 9.50. The number of benzene rings is 2. The zero-order chi connectivity index (χ0) is 15.5. The van der Waals surface area contributed by atoms with Gasteiger partial charge in [0.25, 0.3) is 0 Å². The van der Waals surface area contributed by atoms with Gasteiger partial charge in [0.05, 0.1) is 0 Å². The number of aliphatic hydroxyl groups is 1. The number of aliphatic hydroxyl groups excluding tert-OH is 1. The van der Waals surface area contributed by atoms with Crippen molar-refractivity contribution in [2.24, 2.45) is 0 Å². The first-order valence-corrected chi connectivity index (χ1v) is 7.71. The summed E-state index contributed by atoms with van der Waals surface area (Å²) < 4.78 is 0. The summed E-state index contributed by atoms with van der Waals surface area (Å²) >= 11 is 0. The average Bonchev–Trinajstić information content (AvgIpc) is 2.56. The van der Waals surface area contributed by atoms with Gasteiger partial charge in [-0.25, -0.2) is 0 Å². The van der Waals surface area contributed by atoms with E-state index in [0.717, 1.165) is 43.0 Å². The molecule has 22 heavy (non-hydrogen) atoms. The Morgan fingerprint density at radius 3 is 2.36 bits per heavy atom. The van der Waals surface area contributed by atoms with E-state index in [2.05, 4.69) is 16.8 Å². The topological polar surface area (TPSA) is 52.7 Å². The molecule has 1 saturated heterocycles. The van der Waals surface area contributed by atoms with Gasteiger partial charge in [0.1, 0.15) is 6.10 Å². The van der Waals surface area contributed by atoms with Gasteiger partial charge in [0.2, 0.25) is 0 Å². The van der Waals surface area contributed by atoms with Gasteiger partial charge in [-0.3, -0.25) is 0 Å². The van der Waals surface area contributed by atoms with Gasteiger partial charge in [-0.15, -0.1) is 0 Å². The molecule has 1 aliphatic rings. The fourth-order valence-corrected chi connectivity index (χ4v) is 2.94. The van der Waals surface area contributed by atoms with Crippen molar-refractivity contribution < 1.29 is 5.11 Å². The Labute approximate surface area is 131 Å². The molecule has 0 aliphatic carbocycles. The van der Waals surface area contributed by atoms with Crippen LogP contribution in [0.2, 0.25) is 0 Å². The SMILES string of the molecule is CN1CCN(c2ccc(N)cc2C(O)c2ccccc2)CC1. The van der Waals surface area contributed by atoms with E-state index in [0.29, 0.717) is 5.69 Å². The van der Waals surface area contributed by atoms with Crippen LogP contribution in [0, 0.1) is 0 Å². The maximum atomic E-state index is 10.8. The summed E-state index contributed by atoms with van der Waals surface area (Å²) in [6, 6.07) is 15.6. The average molecular weight is 297 g/mol. The van der Waals surface area contributed by atoms with Crippen molar-refractivity contribution in [3.05, 3.63) is 59.7 Å². The molecule has 4 nitrogen and oxygen atoms in total. The molecule has 1 fully saturated rings. The summed E-state index contributed by atoms with van der Waals surface area (Å²) in [5.74, 6) is 0. The van der Waals surface area contributed by atoms with Gasteiger partial charge in [-0.05, 0) is 30.8 Å². The molecule has 3 rings (SSSR count). The predicted octanol–water partition coefficient (Wildman–Crippen LogP) is 2.10. The van der Waals surface area contributed by atoms with E-state index >= 15 is 0 Å². The fourth-order valence-electron chi connectivity index (χ4n) is 2.94. The van der Waals surface area contributed by atoms with E-state index in [9.17, 15) is 5.11 Å². The molecule has 116 valence electrons. The van der Waals surface area contributed by atoms with Crippen molar-refractivity contribution in [3.8, 4) is 0 Å². The number of hydrogen-bond donors (Lipinski definition) is 2. The highest BCUT2D eigenvalue weighted by molar-refractivity contribution is 5.62. The number of likely N-dealkylation sites (N-methyl/N-ethyl adjacent to an activating group) is 1. The maximum absolute atomic E-state index is 10.8. The number of hydrogen-bond acceptors (Lipinski definition) is 4. The molecule has 1 aliphatic heterocycles. The molecule has 0 aromatic heterocycles. The smallest absolute Gasteiger partial charge is 0.106 e. The Morgan fingerprint density at radius 2 is 1.68 bits per heavy atom. The van der Waals surface area contributed by atoms with Crippen LogP contribution in [0.25, 0.3) is 0 Å². The van der Waals surface area contributed by atoms with Crippen molar-refractivity contribution in [2.75, 3.05) is 43.9 Å². The monoisotopic (exact) mass is 297 g/mol. The highest BCUT2D eigenvalue weighted by Gasteiger charge is 2.21. The summed E-state index contributed by atoms with van der Waals surface area (Å²) in [6.45, 7) is 4.00. The van der Waals surface area contributed by atoms with Crippen molar-refractivity contribution in [3.63, 3.8) is 0 Å². The molecule has 0 spiro atoms. The highest BCUT2D eigenvalue weighted by atomic mass is 16.3. The summed E-state index contributed by atoms with van der Waals surface area (Å²) in [5, 5.41) is 10.8. The summed E-state index contributed by atoms with van der Waals surface area (Å²) in [4.78, 5) is 4.65. The molecular weight excluding hydrogens is 274 g/mol. The Balaban J connectivity index is 1.94. The predicted molar refractivity (Wildman–Crippen MR) is 91.1 cm³/mol. The number of nitrogen functional groups attached to an aromatic ring is 1. The Morgan fingerprint density at radius 1 is 1.00 bits per heavy atom. The molecule has 0 bridgehead atoms. The van der Waals surface area contributed by atoms with Gasteiger partial charge in [0, 0.05) is 43.1 Å². The number of nitrogens with zero attached hydrogens (tertiary/aromatic N) is 2. The first kappa shape index (κ1) is 14.9. The van der Waals surface area contributed by atoms with E-state index in [4.69, 9.17) is 5.73 Å². The number of piperazine rings is 1. The molecule has 0 amide bonds. The van der Waals surface area contributed by atoms with E-state index in [1.807, 2.05) is 48.5 Å². The number of rotatable bonds is 3. The Kier molecular flexibility index (Phi) is 4.32. The molecule has 1 atom stereocenters. The lowest BCUT2D eigenvalue weighted by Gasteiger charge is -2.36. The minimum absolute atomic E-state index is 0.653. The van der Waals surface area contributed by atoms with Crippen molar-refractivity contribution in [2.45, 2.75) is 6.10 Å². The van der Waals surface area contributed by atoms with E-state index < -0.39 is 6.10 Å². The van der Waals surface area contributed by atoms with Gasteiger partial charge in [0.15, 0.2) is 0 Å². The van der Waals surface area contributed by atoms with Crippen molar-refractivity contribution >= 4 is 11.4 Å². The quantitative estimate of drug-likeness (QED) is 0.852. The molecule has 0 radical (unpaired) electrons. The van der Waals surface area contributed by atoms with Crippen LogP contribution >= 0.6 is 0 Å². The molecule has 0 saturated carbocycles. The van der Waals surface area contributed by atoms with Crippen molar-refractivity contribution in [1.29, 1.82) is 0 Å². The third-order valence-electron chi connectivity index (χ3n) is 4.31. The van der Waals surface area contributed by atoms with E-state index in [1.165, 1.54) is 0 Å². The Bertz CT molecular complexity index is 621. The van der Waals surface area contributed by atoms with Crippen LogP contribution < -0.4 is 10.6 Å². The second kappa shape index (κ2) is 6.38. The van der Waals surface area contributed by atoms with Crippen LogP contribution in [0.4, 0.5) is 11.4 Å². The van der Waals surface area contributed by atoms with Crippen LogP contribution in [0.1, 0.15) is 17.2 Å². The fraction of sp³-hybridized carbons (Fsp3) is 0.333. The maximum Gasteiger partial charge on any atom is 0.106 e. The molecule has 3 N–H and O–H groups in total. The van der Waals surface area contributed by atoms with Crippen molar-refractivity contribution in [1.82, 2.24) is 4.90 Å². The number of anilines is 2. The van der Waals surface area contributed by atoms with Crippen LogP contribution in [0.3, 0.4) is 0 Å². The van der Waals surface area contributed by atoms with E-state index in [-0.39, 0.29) is 0 Å². The second-order valence-corrected chi connectivity index (χ2v) is 5.92. The van der Waals surface area contributed by atoms with Crippen LogP contribution in [0.5, 0.6) is 0 Å². The molecular formula is C18H23N3O. The van der Waals surface area contributed by atoms with Crippen LogP contribution in [-0.2, 0) is 0 Å². The number of nitrogens with two attached hydrogens (primary N) is 1. The molecule has 1 unspecified atom stereocenters. The summed E-state index contributed by atoms with van der Waals surface area (Å²) in [6.07, 6.45) is -0.653. The lowest BCUT2D eigenvalue weighted by atomic mass is 9.98. The molecule has 2 aromatic carbocycles. The zero-order valence-corrected chi connectivity index (χ0v) is 12.9. The van der Waals surface area contributed by atoms with E-state index in [1.54, 1.807) is 0 Å². The van der Waals surface area contributed by atoms with Gasteiger partial charge in [-0.1, -0.05) is 30.3 Å². The lowest BCUT2D eigenvalue weighted by molar-refractivity contribution is 0.220. The minimum atomic E-state index is -0.653.